The number of carbonyl (C=O) groups excluding carboxylic acids is 1. The van der Waals surface area contributed by atoms with Crippen molar-refractivity contribution in [3.8, 4) is 5.75 Å². The first-order chi connectivity index (χ1) is 20.8. The third kappa shape index (κ3) is 7.62. The molecule has 13 heteroatoms. The minimum atomic E-state index is -5.03. The zero-order valence-corrected chi connectivity index (χ0v) is 24.6. The van der Waals surface area contributed by atoms with Crippen LogP contribution in [-0.4, -0.2) is 35.7 Å². The fraction of sp³-hybridized carbons (Fsp3) is 0.290. The lowest BCUT2D eigenvalue weighted by atomic mass is 9.84. The number of aliphatic hydroxyl groups excluding tert-OH is 1. The summed E-state index contributed by atoms with van der Waals surface area (Å²) in [5.74, 6) is -0.162. The standard InChI is InChI=1S/C31H27BrF6N2O4/c1-2-12-29(28(42)39-18-19-15-22(30(33,34)35)17-23(16-19)31(36,37)38)26(20-4-8-24(32)9-5-20)44-27(40-29)21-6-10-25(11-7-21)43-14-3-13-41/h2,4-11,15-17,26,41H,1,3,12-14,18H2,(H,39,42)/t26-,29-/m1/s1. The smallest absolute Gasteiger partial charge is 0.416 e. The number of nitrogens with one attached hydrogen (secondary N) is 1. The van der Waals surface area contributed by atoms with E-state index in [1.807, 2.05) is 0 Å². The van der Waals surface area contributed by atoms with Gasteiger partial charge < -0.3 is 19.9 Å². The van der Waals surface area contributed by atoms with Crippen LogP contribution in [0.15, 0.2) is 88.9 Å². The predicted molar refractivity (Wildman–Crippen MR) is 154 cm³/mol. The van der Waals surface area contributed by atoms with Crippen molar-refractivity contribution in [2.24, 2.45) is 4.99 Å². The fourth-order valence-corrected chi connectivity index (χ4v) is 4.89. The minimum Gasteiger partial charge on any atom is -0.494 e. The highest BCUT2D eigenvalue weighted by molar-refractivity contribution is 9.10. The number of ether oxygens (including phenoxy) is 2. The Morgan fingerprint density at radius 2 is 1.64 bits per heavy atom. The van der Waals surface area contributed by atoms with Gasteiger partial charge in [-0.15, -0.1) is 6.58 Å². The van der Waals surface area contributed by atoms with E-state index in [1.54, 1.807) is 48.5 Å². The van der Waals surface area contributed by atoms with Crippen molar-refractivity contribution in [1.82, 2.24) is 5.32 Å². The van der Waals surface area contributed by atoms with E-state index < -0.39 is 53.1 Å². The molecule has 1 heterocycles. The number of aliphatic imine (C=N–C) groups is 1. The number of hydrogen-bond acceptors (Lipinski definition) is 5. The van der Waals surface area contributed by atoms with Crippen molar-refractivity contribution >= 4 is 27.7 Å². The number of amides is 1. The Morgan fingerprint density at radius 1 is 1.02 bits per heavy atom. The monoisotopic (exact) mass is 684 g/mol. The van der Waals surface area contributed by atoms with Crippen molar-refractivity contribution in [2.45, 2.75) is 43.4 Å². The van der Waals surface area contributed by atoms with Gasteiger partial charge >= 0.3 is 12.4 Å². The molecule has 0 bridgehead atoms. The van der Waals surface area contributed by atoms with Gasteiger partial charge in [-0.1, -0.05) is 34.1 Å². The van der Waals surface area contributed by atoms with E-state index in [4.69, 9.17) is 14.6 Å². The summed E-state index contributed by atoms with van der Waals surface area (Å²) in [4.78, 5) is 18.5. The molecule has 3 aromatic rings. The minimum absolute atomic E-state index is 0.0229. The lowest BCUT2D eigenvalue weighted by molar-refractivity contribution is -0.143. The van der Waals surface area contributed by atoms with Gasteiger partial charge in [-0.2, -0.15) is 26.3 Å². The number of benzene rings is 3. The molecule has 1 aliphatic heterocycles. The van der Waals surface area contributed by atoms with E-state index >= 15 is 0 Å². The molecule has 3 aromatic carbocycles. The van der Waals surface area contributed by atoms with Gasteiger partial charge in [0.05, 0.1) is 17.7 Å². The van der Waals surface area contributed by atoms with Crippen LogP contribution in [0.1, 0.15) is 46.8 Å². The van der Waals surface area contributed by atoms with E-state index in [-0.39, 0.29) is 25.0 Å². The average molecular weight is 685 g/mol. The van der Waals surface area contributed by atoms with Crippen molar-refractivity contribution in [3.05, 3.63) is 112 Å². The second-order valence-electron chi connectivity index (χ2n) is 9.93. The fourth-order valence-electron chi connectivity index (χ4n) is 4.63. The maximum Gasteiger partial charge on any atom is 0.416 e. The number of aliphatic hydroxyl groups is 1. The van der Waals surface area contributed by atoms with E-state index in [9.17, 15) is 31.1 Å². The number of alkyl halides is 6. The van der Waals surface area contributed by atoms with Crippen LogP contribution in [0, 0.1) is 0 Å². The summed E-state index contributed by atoms with van der Waals surface area (Å²) in [5.41, 5.74) is -4.03. The maximum absolute atomic E-state index is 13.9. The zero-order chi connectivity index (χ0) is 32.1. The first-order valence-electron chi connectivity index (χ1n) is 13.3. The molecule has 2 atom stereocenters. The molecule has 0 saturated carbocycles. The van der Waals surface area contributed by atoms with E-state index in [1.165, 1.54) is 6.08 Å². The number of rotatable bonds is 11. The van der Waals surface area contributed by atoms with E-state index in [0.717, 1.165) is 4.47 Å². The Labute approximate surface area is 257 Å². The Balaban J connectivity index is 1.70. The number of hydrogen-bond donors (Lipinski definition) is 2. The molecule has 6 nitrogen and oxygen atoms in total. The summed E-state index contributed by atoms with van der Waals surface area (Å²) in [6, 6.07) is 14.7. The molecule has 1 amide bonds. The van der Waals surface area contributed by atoms with Crippen LogP contribution in [-0.2, 0) is 28.4 Å². The third-order valence-corrected chi connectivity index (χ3v) is 7.29. The summed E-state index contributed by atoms with van der Waals surface area (Å²) >= 11 is 3.36. The van der Waals surface area contributed by atoms with Crippen LogP contribution in [0.2, 0.25) is 0 Å². The molecule has 2 N–H and O–H groups in total. The molecule has 0 fully saturated rings. The molecular weight excluding hydrogens is 658 g/mol. The van der Waals surface area contributed by atoms with Crippen LogP contribution in [0.5, 0.6) is 5.75 Å². The highest BCUT2D eigenvalue weighted by Gasteiger charge is 2.52. The Morgan fingerprint density at radius 3 is 2.18 bits per heavy atom. The molecule has 0 spiro atoms. The number of carbonyl (C=O) groups is 1. The second kappa shape index (κ2) is 13.4. The molecule has 0 aliphatic carbocycles. The maximum atomic E-state index is 13.9. The van der Waals surface area contributed by atoms with E-state index in [2.05, 4.69) is 32.8 Å². The third-order valence-electron chi connectivity index (χ3n) is 6.76. The Kier molecular flexibility index (Phi) is 10.1. The van der Waals surface area contributed by atoms with Gasteiger partial charge in [-0.05, 0) is 65.7 Å². The summed E-state index contributed by atoms with van der Waals surface area (Å²) in [6.45, 7) is 3.38. The summed E-state index contributed by atoms with van der Waals surface area (Å²) < 4.78 is 92.9. The second-order valence-corrected chi connectivity index (χ2v) is 10.8. The largest absolute Gasteiger partial charge is 0.494 e. The molecule has 0 saturated heterocycles. The first-order valence-corrected chi connectivity index (χ1v) is 14.1. The Hall–Kier alpha value is -3.84. The normalized spacial score (nSPS) is 18.4. The van der Waals surface area contributed by atoms with Gasteiger partial charge in [0.1, 0.15) is 5.75 Å². The predicted octanol–water partition coefficient (Wildman–Crippen LogP) is 7.40. The van der Waals surface area contributed by atoms with Crippen LogP contribution in [0.4, 0.5) is 26.3 Å². The summed E-state index contributed by atoms with van der Waals surface area (Å²) in [7, 11) is 0. The lowest BCUT2D eigenvalue weighted by Gasteiger charge is -2.30. The van der Waals surface area contributed by atoms with Crippen molar-refractivity contribution in [1.29, 1.82) is 0 Å². The van der Waals surface area contributed by atoms with Gasteiger partial charge in [0.15, 0.2) is 11.6 Å². The molecule has 4 rings (SSSR count). The first kappa shape index (κ1) is 33.1. The zero-order valence-electron chi connectivity index (χ0n) is 23.0. The van der Waals surface area contributed by atoms with Gasteiger partial charge in [0, 0.05) is 36.0 Å². The van der Waals surface area contributed by atoms with Gasteiger partial charge in [-0.3, -0.25) is 4.79 Å². The summed E-state index contributed by atoms with van der Waals surface area (Å²) in [6.07, 6.45) is -9.27. The lowest BCUT2D eigenvalue weighted by Crippen LogP contribution is -2.47. The molecule has 0 aromatic heterocycles. The van der Waals surface area contributed by atoms with Crippen molar-refractivity contribution in [2.75, 3.05) is 13.2 Å². The van der Waals surface area contributed by atoms with Crippen molar-refractivity contribution in [3.63, 3.8) is 0 Å². The highest BCUT2D eigenvalue weighted by atomic mass is 79.9. The van der Waals surface area contributed by atoms with Crippen molar-refractivity contribution < 1.29 is 45.7 Å². The number of nitrogens with zero attached hydrogens (tertiary/aromatic N) is 1. The molecular formula is C31H27BrF6N2O4. The molecule has 234 valence electrons. The molecule has 1 aliphatic rings. The van der Waals surface area contributed by atoms with Crippen LogP contribution >= 0.6 is 15.9 Å². The SMILES string of the molecule is C=CC[C@@]1(C(=O)NCc2cc(C(F)(F)F)cc(C(F)(F)F)c2)N=C(c2ccc(OCCCO)cc2)O[C@@H]1c1ccc(Br)cc1. The average Bonchev–Trinajstić information content (AvgIpc) is 3.36. The van der Waals surface area contributed by atoms with E-state index in [0.29, 0.717) is 42.0 Å². The van der Waals surface area contributed by atoms with Crippen LogP contribution in [0.25, 0.3) is 0 Å². The summed E-state index contributed by atoms with van der Waals surface area (Å²) in [5, 5.41) is 11.4. The molecule has 44 heavy (non-hydrogen) atoms. The van der Waals surface area contributed by atoms with Gasteiger partial charge in [0.2, 0.25) is 5.90 Å². The Bertz CT molecular complexity index is 1480. The van der Waals surface area contributed by atoms with Crippen LogP contribution < -0.4 is 10.1 Å². The molecule has 0 radical (unpaired) electrons. The number of halogens is 7. The highest BCUT2D eigenvalue weighted by Crippen LogP contribution is 2.43. The molecule has 0 unspecified atom stereocenters. The van der Waals surface area contributed by atoms with Gasteiger partial charge in [-0.25, -0.2) is 4.99 Å². The van der Waals surface area contributed by atoms with Gasteiger partial charge in [0.25, 0.3) is 5.91 Å². The van der Waals surface area contributed by atoms with Crippen LogP contribution in [0.3, 0.4) is 0 Å². The quantitative estimate of drug-likeness (QED) is 0.125. The topological polar surface area (TPSA) is 80.2 Å².